The Morgan fingerprint density at radius 3 is 2.88 bits per heavy atom. The van der Waals surface area contributed by atoms with Crippen molar-refractivity contribution in [2.75, 3.05) is 25.5 Å². The van der Waals surface area contributed by atoms with Gasteiger partial charge in [0.05, 0.1) is 6.61 Å². The van der Waals surface area contributed by atoms with Crippen LogP contribution in [-0.4, -0.2) is 31.6 Å². The average molecular weight is 258 g/mol. The van der Waals surface area contributed by atoms with Crippen molar-refractivity contribution in [3.63, 3.8) is 0 Å². The summed E-state index contributed by atoms with van der Waals surface area (Å²) >= 11 is 7.67. The molecule has 2 rings (SSSR count). The average Bonchev–Trinajstić information content (AvgIpc) is 2.80. The molecule has 88 valence electrons. The standard InChI is InChI=1S/C12H16ClNOS/c13-10-1-3-12(4-2-10)16-8-6-14-11-5-7-15-9-11/h1-4,11,14H,5-9H2. The van der Waals surface area contributed by atoms with E-state index in [1.807, 2.05) is 23.9 Å². The molecule has 1 N–H and O–H groups in total. The van der Waals surface area contributed by atoms with E-state index in [0.29, 0.717) is 6.04 Å². The number of halogens is 1. The van der Waals surface area contributed by atoms with Gasteiger partial charge in [0.1, 0.15) is 0 Å². The van der Waals surface area contributed by atoms with Crippen LogP contribution in [0.1, 0.15) is 6.42 Å². The smallest absolute Gasteiger partial charge is 0.0620 e. The number of nitrogens with one attached hydrogen (secondary N) is 1. The van der Waals surface area contributed by atoms with Crippen LogP contribution in [0.5, 0.6) is 0 Å². The Morgan fingerprint density at radius 2 is 2.19 bits per heavy atom. The van der Waals surface area contributed by atoms with E-state index in [1.165, 1.54) is 4.90 Å². The molecule has 0 bridgehead atoms. The van der Waals surface area contributed by atoms with Crippen LogP contribution in [0.15, 0.2) is 29.2 Å². The molecule has 1 aliphatic heterocycles. The molecule has 2 nitrogen and oxygen atoms in total. The maximum absolute atomic E-state index is 5.82. The van der Waals surface area contributed by atoms with Gasteiger partial charge in [0, 0.05) is 34.9 Å². The maximum atomic E-state index is 5.82. The van der Waals surface area contributed by atoms with E-state index >= 15 is 0 Å². The Bertz CT molecular complexity index is 311. The first-order chi connectivity index (χ1) is 7.84. The van der Waals surface area contributed by atoms with Gasteiger partial charge in [-0.3, -0.25) is 0 Å². The van der Waals surface area contributed by atoms with Crippen molar-refractivity contribution in [2.24, 2.45) is 0 Å². The molecule has 1 fully saturated rings. The SMILES string of the molecule is Clc1ccc(SCCNC2CCOC2)cc1. The highest BCUT2D eigenvalue weighted by Gasteiger charge is 2.13. The van der Waals surface area contributed by atoms with Crippen molar-refractivity contribution >= 4 is 23.4 Å². The normalized spacial score (nSPS) is 20.2. The van der Waals surface area contributed by atoms with Crippen molar-refractivity contribution in [3.05, 3.63) is 29.3 Å². The van der Waals surface area contributed by atoms with E-state index < -0.39 is 0 Å². The Balaban J connectivity index is 1.62. The predicted octanol–water partition coefficient (Wildman–Crippen LogP) is 2.81. The molecule has 0 amide bonds. The molecular weight excluding hydrogens is 242 g/mol. The Kier molecular flexibility index (Phi) is 4.97. The van der Waals surface area contributed by atoms with Crippen molar-refractivity contribution < 1.29 is 4.74 Å². The molecule has 0 saturated carbocycles. The largest absolute Gasteiger partial charge is 0.380 e. The summed E-state index contributed by atoms with van der Waals surface area (Å²) in [6, 6.07) is 8.55. The molecule has 0 radical (unpaired) electrons. The van der Waals surface area contributed by atoms with Gasteiger partial charge >= 0.3 is 0 Å². The van der Waals surface area contributed by atoms with E-state index in [1.54, 1.807) is 0 Å². The molecule has 1 heterocycles. The second-order valence-corrected chi connectivity index (χ2v) is 5.42. The van der Waals surface area contributed by atoms with Gasteiger partial charge in [-0.15, -0.1) is 11.8 Å². The van der Waals surface area contributed by atoms with E-state index in [9.17, 15) is 0 Å². The highest BCUT2D eigenvalue weighted by molar-refractivity contribution is 7.99. The summed E-state index contributed by atoms with van der Waals surface area (Å²) in [6.07, 6.45) is 1.14. The molecule has 4 heteroatoms. The van der Waals surface area contributed by atoms with Gasteiger partial charge in [-0.2, -0.15) is 0 Å². The highest BCUT2D eigenvalue weighted by Crippen LogP contribution is 2.19. The molecule has 1 aromatic rings. The molecule has 1 saturated heterocycles. The lowest BCUT2D eigenvalue weighted by Gasteiger charge is -2.09. The van der Waals surface area contributed by atoms with Crippen LogP contribution in [-0.2, 0) is 4.74 Å². The van der Waals surface area contributed by atoms with Gasteiger partial charge in [0.2, 0.25) is 0 Å². The van der Waals surface area contributed by atoms with E-state index in [-0.39, 0.29) is 0 Å². The lowest BCUT2D eigenvalue weighted by molar-refractivity contribution is 0.190. The summed E-state index contributed by atoms with van der Waals surface area (Å²) in [5, 5.41) is 4.29. The Labute approximate surface area is 106 Å². The van der Waals surface area contributed by atoms with Crippen LogP contribution in [0.2, 0.25) is 5.02 Å². The first-order valence-corrected chi connectivity index (χ1v) is 6.90. The zero-order valence-electron chi connectivity index (χ0n) is 9.12. The van der Waals surface area contributed by atoms with Crippen molar-refractivity contribution in [3.8, 4) is 0 Å². The maximum Gasteiger partial charge on any atom is 0.0620 e. The summed E-state index contributed by atoms with van der Waals surface area (Å²) in [5.41, 5.74) is 0. The van der Waals surface area contributed by atoms with Gasteiger partial charge in [-0.25, -0.2) is 0 Å². The third kappa shape index (κ3) is 3.98. The van der Waals surface area contributed by atoms with Crippen molar-refractivity contribution in [1.29, 1.82) is 0 Å². The number of benzene rings is 1. The third-order valence-electron chi connectivity index (χ3n) is 2.55. The minimum absolute atomic E-state index is 0.561. The summed E-state index contributed by atoms with van der Waals surface area (Å²) in [4.78, 5) is 1.27. The van der Waals surface area contributed by atoms with Crippen LogP contribution in [0.25, 0.3) is 0 Å². The molecule has 1 atom stereocenters. The number of ether oxygens (including phenoxy) is 1. The molecule has 1 aromatic carbocycles. The summed E-state index contributed by atoms with van der Waals surface area (Å²) < 4.78 is 5.30. The van der Waals surface area contributed by atoms with Crippen LogP contribution in [0.4, 0.5) is 0 Å². The Morgan fingerprint density at radius 1 is 1.38 bits per heavy atom. The molecule has 0 aliphatic carbocycles. The van der Waals surface area contributed by atoms with E-state index in [4.69, 9.17) is 16.3 Å². The summed E-state index contributed by atoms with van der Waals surface area (Å²) in [7, 11) is 0. The summed E-state index contributed by atoms with van der Waals surface area (Å²) in [5.74, 6) is 1.08. The molecule has 1 unspecified atom stereocenters. The fourth-order valence-electron chi connectivity index (χ4n) is 1.66. The predicted molar refractivity (Wildman–Crippen MR) is 69.4 cm³/mol. The van der Waals surface area contributed by atoms with Gasteiger partial charge in [-0.1, -0.05) is 11.6 Å². The van der Waals surface area contributed by atoms with Gasteiger partial charge < -0.3 is 10.1 Å². The molecule has 16 heavy (non-hydrogen) atoms. The van der Waals surface area contributed by atoms with Gasteiger partial charge in [0.15, 0.2) is 0 Å². The van der Waals surface area contributed by atoms with E-state index in [0.717, 1.165) is 37.0 Å². The fourth-order valence-corrected chi connectivity index (χ4v) is 2.57. The van der Waals surface area contributed by atoms with Crippen molar-refractivity contribution in [1.82, 2.24) is 5.32 Å². The van der Waals surface area contributed by atoms with Crippen LogP contribution in [0, 0.1) is 0 Å². The van der Waals surface area contributed by atoms with E-state index in [2.05, 4.69) is 17.4 Å². The topological polar surface area (TPSA) is 21.3 Å². The number of rotatable bonds is 5. The van der Waals surface area contributed by atoms with Crippen LogP contribution < -0.4 is 5.32 Å². The quantitative estimate of drug-likeness (QED) is 0.648. The second kappa shape index (κ2) is 6.50. The molecule has 1 aliphatic rings. The van der Waals surface area contributed by atoms with Gasteiger partial charge in [-0.05, 0) is 30.7 Å². The van der Waals surface area contributed by atoms with Crippen molar-refractivity contribution in [2.45, 2.75) is 17.4 Å². The molecular formula is C12H16ClNOS. The lowest BCUT2D eigenvalue weighted by atomic mass is 10.3. The third-order valence-corrected chi connectivity index (χ3v) is 3.81. The first-order valence-electron chi connectivity index (χ1n) is 5.54. The zero-order chi connectivity index (χ0) is 11.2. The lowest BCUT2D eigenvalue weighted by Crippen LogP contribution is -2.30. The number of hydrogen-bond acceptors (Lipinski definition) is 3. The minimum Gasteiger partial charge on any atom is -0.380 e. The Hall–Kier alpha value is -0.220. The van der Waals surface area contributed by atoms with Crippen LogP contribution in [0.3, 0.4) is 0 Å². The molecule has 0 spiro atoms. The number of hydrogen-bond donors (Lipinski definition) is 1. The van der Waals surface area contributed by atoms with Gasteiger partial charge in [0.25, 0.3) is 0 Å². The number of thioether (sulfide) groups is 1. The molecule has 0 aromatic heterocycles. The minimum atomic E-state index is 0.561. The second-order valence-electron chi connectivity index (χ2n) is 3.82. The monoisotopic (exact) mass is 257 g/mol. The fraction of sp³-hybridized carbons (Fsp3) is 0.500. The highest BCUT2D eigenvalue weighted by atomic mass is 35.5. The summed E-state index contributed by atoms with van der Waals surface area (Å²) in [6.45, 7) is 2.80. The zero-order valence-corrected chi connectivity index (χ0v) is 10.7. The van der Waals surface area contributed by atoms with Crippen LogP contribution >= 0.6 is 23.4 Å². The first kappa shape index (κ1) is 12.2.